The van der Waals surface area contributed by atoms with Gasteiger partial charge in [0.2, 0.25) is 5.91 Å². The Morgan fingerprint density at radius 2 is 2.35 bits per heavy atom. The van der Waals surface area contributed by atoms with E-state index in [4.69, 9.17) is 0 Å². The molecule has 2 aromatic heterocycles. The van der Waals surface area contributed by atoms with Crippen LogP contribution in [0.4, 0.5) is 0 Å². The van der Waals surface area contributed by atoms with E-state index in [1.807, 2.05) is 13.8 Å². The predicted molar refractivity (Wildman–Crippen MR) is 93.0 cm³/mol. The SMILES string of the molecule is CC[C@@H](C)NC(=O)Cn1cnc2sc3c(c2c1=O)CC[C@@H](C)C3. The topological polar surface area (TPSA) is 64.0 Å². The van der Waals surface area contributed by atoms with Crippen LogP contribution in [0.15, 0.2) is 11.1 Å². The fraction of sp³-hybridized carbons (Fsp3) is 0.588. The molecule has 0 saturated carbocycles. The smallest absolute Gasteiger partial charge is 0.262 e. The molecule has 124 valence electrons. The van der Waals surface area contributed by atoms with Gasteiger partial charge in [-0.25, -0.2) is 4.98 Å². The molecule has 1 aliphatic carbocycles. The van der Waals surface area contributed by atoms with Gasteiger partial charge in [-0.15, -0.1) is 11.3 Å². The lowest BCUT2D eigenvalue weighted by molar-refractivity contribution is -0.122. The minimum absolute atomic E-state index is 0.0349. The van der Waals surface area contributed by atoms with Crippen molar-refractivity contribution in [2.45, 2.75) is 59.0 Å². The van der Waals surface area contributed by atoms with Crippen LogP contribution in [0.3, 0.4) is 0 Å². The van der Waals surface area contributed by atoms with Gasteiger partial charge in [-0.1, -0.05) is 13.8 Å². The van der Waals surface area contributed by atoms with Gasteiger partial charge in [0.15, 0.2) is 0 Å². The van der Waals surface area contributed by atoms with Crippen LogP contribution in [-0.2, 0) is 24.2 Å². The van der Waals surface area contributed by atoms with E-state index in [9.17, 15) is 9.59 Å². The summed E-state index contributed by atoms with van der Waals surface area (Å²) >= 11 is 1.63. The molecular weight excluding hydrogens is 310 g/mol. The van der Waals surface area contributed by atoms with E-state index in [2.05, 4.69) is 17.2 Å². The van der Waals surface area contributed by atoms with Crippen molar-refractivity contribution in [1.82, 2.24) is 14.9 Å². The van der Waals surface area contributed by atoms with Crippen LogP contribution in [0.1, 0.15) is 44.1 Å². The van der Waals surface area contributed by atoms with Crippen LogP contribution < -0.4 is 10.9 Å². The zero-order valence-electron chi connectivity index (χ0n) is 13.9. The van der Waals surface area contributed by atoms with Crippen LogP contribution in [0.5, 0.6) is 0 Å². The Hall–Kier alpha value is -1.69. The van der Waals surface area contributed by atoms with E-state index in [1.54, 1.807) is 11.3 Å². The Labute approximate surface area is 139 Å². The monoisotopic (exact) mass is 333 g/mol. The number of amides is 1. The molecule has 2 aromatic rings. The third-order valence-electron chi connectivity index (χ3n) is 4.62. The number of hydrogen-bond acceptors (Lipinski definition) is 4. The van der Waals surface area contributed by atoms with E-state index in [0.29, 0.717) is 5.92 Å². The summed E-state index contributed by atoms with van der Waals surface area (Å²) in [5.74, 6) is 0.527. The Morgan fingerprint density at radius 3 is 3.09 bits per heavy atom. The Kier molecular flexibility index (Phi) is 4.53. The zero-order valence-corrected chi connectivity index (χ0v) is 14.7. The minimum Gasteiger partial charge on any atom is -0.352 e. The molecule has 6 heteroatoms. The molecule has 0 bridgehead atoms. The van der Waals surface area contributed by atoms with E-state index < -0.39 is 0 Å². The van der Waals surface area contributed by atoms with Gasteiger partial charge in [-0.05, 0) is 44.1 Å². The van der Waals surface area contributed by atoms with Gasteiger partial charge in [0, 0.05) is 10.9 Å². The fourth-order valence-electron chi connectivity index (χ4n) is 3.06. The van der Waals surface area contributed by atoms with Crippen LogP contribution in [0, 0.1) is 5.92 Å². The maximum atomic E-state index is 12.8. The summed E-state index contributed by atoms with van der Waals surface area (Å²) in [4.78, 5) is 31.4. The molecule has 0 fully saturated rings. The summed E-state index contributed by atoms with van der Waals surface area (Å²) in [6.07, 6.45) is 5.46. The molecule has 1 N–H and O–H groups in total. The Balaban J connectivity index is 1.93. The summed E-state index contributed by atoms with van der Waals surface area (Å²) in [7, 11) is 0. The lowest BCUT2D eigenvalue weighted by Crippen LogP contribution is -2.37. The van der Waals surface area contributed by atoms with Gasteiger partial charge in [-0.2, -0.15) is 0 Å². The fourth-order valence-corrected chi connectivity index (χ4v) is 4.40. The van der Waals surface area contributed by atoms with Crippen LogP contribution in [0.25, 0.3) is 10.2 Å². The van der Waals surface area contributed by atoms with Crippen molar-refractivity contribution in [2.75, 3.05) is 0 Å². The van der Waals surface area contributed by atoms with Crippen molar-refractivity contribution < 1.29 is 4.79 Å². The minimum atomic E-state index is -0.139. The van der Waals surface area contributed by atoms with Crippen molar-refractivity contribution in [1.29, 1.82) is 0 Å². The number of carbonyl (C=O) groups is 1. The summed E-state index contributed by atoms with van der Waals surface area (Å²) in [5, 5.41) is 3.62. The third-order valence-corrected chi connectivity index (χ3v) is 5.78. The van der Waals surface area contributed by atoms with Gasteiger partial charge in [0.05, 0.1) is 11.7 Å². The highest BCUT2D eigenvalue weighted by Crippen LogP contribution is 2.35. The van der Waals surface area contributed by atoms with E-state index in [1.165, 1.54) is 15.8 Å². The van der Waals surface area contributed by atoms with Gasteiger partial charge >= 0.3 is 0 Å². The summed E-state index contributed by atoms with van der Waals surface area (Å²) in [6.45, 7) is 6.26. The summed E-state index contributed by atoms with van der Waals surface area (Å²) in [5.41, 5.74) is 1.08. The second-order valence-corrected chi connectivity index (χ2v) is 7.67. The van der Waals surface area contributed by atoms with Crippen molar-refractivity contribution in [3.8, 4) is 0 Å². The van der Waals surface area contributed by atoms with Gasteiger partial charge in [-0.3, -0.25) is 14.2 Å². The second-order valence-electron chi connectivity index (χ2n) is 6.59. The maximum absolute atomic E-state index is 12.8. The lowest BCUT2D eigenvalue weighted by atomic mass is 9.89. The van der Waals surface area contributed by atoms with E-state index in [0.717, 1.165) is 41.5 Å². The number of nitrogens with one attached hydrogen (secondary N) is 1. The van der Waals surface area contributed by atoms with Crippen molar-refractivity contribution >= 4 is 27.5 Å². The van der Waals surface area contributed by atoms with Gasteiger partial charge in [0.1, 0.15) is 11.4 Å². The predicted octanol–water partition coefficient (Wildman–Crippen LogP) is 2.50. The molecule has 0 saturated heterocycles. The highest BCUT2D eigenvalue weighted by Gasteiger charge is 2.23. The molecule has 0 unspecified atom stereocenters. The number of thiophene rings is 1. The van der Waals surface area contributed by atoms with Crippen molar-refractivity contribution in [3.05, 3.63) is 27.1 Å². The average molecular weight is 333 g/mol. The molecule has 1 aliphatic rings. The Bertz CT molecular complexity index is 793. The van der Waals surface area contributed by atoms with E-state index >= 15 is 0 Å². The molecular formula is C17H23N3O2S. The molecule has 0 spiro atoms. The highest BCUT2D eigenvalue weighted by molar-refractivity contribution is 7.18. The number of fused-ring (bicyclic) bond motifs is 3. The standard InChI is InChI=1S/C17H23N3O2S/c1-4-11(3)19-14(21)8-20-9-18-16-15(17(20)22)12-6-5-10(2)7-13(12)23-16/h9-11H,4-8H2,1-3H3,(H,19,21)/t10-,11-/m1/s1. The van der Waals surface area contributed by atoms with Crippen molar-refractivity contribution in [3.63, 3.8) is 0 Å². The first kappa shape index (κ1) is 16.2. The van der Waals surface area contributed by atoms with Gasteiger partial charge < -0.3 is 5.32 Å². The number of carbonyl (C=O) groups excluding carboxylic acids is 1. The van der Waals surface area contributed by atoms with Crippen LogP contribution in [0.2, 0.25) is 0 Å². The molecule has 2 atom stereocenters. The largest absolute Gasteiger partial charge is 0.352 e. The average Bonchev–Trinajstić information content (AvgIpc) is 2.88. The first-order valence-electron chi connectivity index (χ1n) is 8.28. The van der Waals surface area contributed by atoms with Gasteiger partial charge in [0.25, 0.3) is 5.56 Å². The van der Waals surface area contributed by atoms with Crippen LogP contribution in [-0.4, -0.2) is 21.5 Å². The molecule has 0 aliphatic heterocycles. The second kappa shape index (κ2) is 6.43. The highest BCUT2D eigenvalue weighted by atomic mass is 32.1. The normalized spacial score (nSPS) is 18.7. The molecule has 2 heterocycles. The first-order valence-corrected chi connectivity index (χ1v) is 9.10. The van der Waals surface area contributed by atoms with E-state index in [-0.39, 0.29) is 24.1 Å². The third kappa shape index (κ3) is 3.17. The number of nitrogens with zero attached hydrogens (tertiary/aromatic N) is 2. The quantitative estimate of drug-likeness (QED) is 0.935. The number of aromatic nitrogens is 2. The molecule has 23 heavy (non-hydrogen) atoms. The maximum Gasteiger partial charge on any atom is 0.262 e. The molecule has 0 radical (unpaired) electrons. The Morgan fingerprint density at radius 1 is 1.57 bits per heavy atom. The summed E-state index contributed by atoms with van der Waals surface area (Å²) < 4.78 is 1.44. The van der Waals surface area contributed by atoms with Crippen molar-refractivity contribution in [2.24, 2.45) is 5.92 Å². The number of rotatable bonds is 4. The number of hydrogen-bond donors (Lipinski definition) is 1. The lowest BCUT2D eigenvalue weighted by Gasteiger charge is -2.17. The molecule has 3 rings (SSSR count). The first-order chi connectivity index (χ1) is 11.0. The number of aryl methyl sites for hydroxylation is 1. The van der Waals surface area contributed by atoms with Crippen LogP contribution >= 0.6 is 11.3 Å². The zero-order chi connectivity index (χ0) is 16.6. The molecule has 5 nitrogen and oxygen atoms in total. The summed E-state index contributed by atoms with van der Waals surface area (Å²) in [6, 6.07) is 0.116. The molecule has 0 aromatic carbocycles. The molecule has 1 amide bonds.